The normalized spacial score (nSPS) is 14.5. The Kier molecular flexibility index (Phi) is 5.42. The second kappa shape index (κ2) is 7.72. The molecule has 0 saturated carbocycles. The molecule has 7 heteroatoms. The highest BCUT2D eigenvalue weighted by molar-refractivity contribution is 9.10. The van der Waals surface area contributed by atoms with Crippen LogP contribution in [-0.2, 0) is 11.3 Å². The summed E-state index contributed by atoms with van der Waals surface area (Å²) in [6, 6.07) is 8.12. The van der Waals surface area contributed by atoms with Crippen molar-refractivity contribution in [3.8, 4) is 0 Å². The molecular formula is C17H17BrFN3O2. The first-order valence-electron chi connectivity index (χ1n) is 7.64. The van der Waals surface area contributed by atoms with Gasteiger partial charge in [-0.15, -0.1) is 0 Å². The van der Waals surface area contributed by atoms with Gasteiger partial charge in [0.15, 0.2) is 0 Å². The Morgan fingerprint density at radius 2 is 2.08 bits per heavy atom. The molecule has 3 rings (SSSR count). The number of carbonyl (C=O) groups excluding carboxylic acids is 1. The van der Waals surface area contributed by atoms with Gasteiger partial charge in [-0.05, 0) is 29.8 Å². The van der Waals surface area contributed by atoms with E-state index in [4.69, 9.17) is 4.74 Å². The number of pyridine rings is 1. The molecule has 0 bridgehead atoms. The summed E-state index contributed by atoms with van der Waals surface area (Å²) in [7, 11) is 0. The highest BCUT2D eigenvalue weighted by Crippen LogP contribution is 2.16. The van der Waals surface area contributed by atoms with Crippen LogP contribution in [0.15, 0.2) is 41.0 Å². The molecule has 1 N–H and O–H groups in total. The topological polar surface area (TPSA) is 54.5 Å². The number of aromatic nitrogens is 1. The van der Waals surface area contributed by atoms with Crippen LogP contribution in [0.2, 0.25) is 0 Å². The van der Waals surface area contributed by atoms with Crippen molar-refractivity contribution < 1.29 is 13.9 Å². The van der Waals surface area contributed by atoms with Crippen LogP contribution in [0.5, 0.6) is 0 Å². The first-order chi connectivity index (χ1) is 11.6. The van der Waals surface area contributed by atoms with E-state index in [0.29, 0.717) is 24.2 Å². The number of carbonyl (C=O) groups is 1. The molecule has 0 atom stereocenters. The number of hydrogen-bond donors (Lipinski definition) is 1. The minimum atomic E-state index is -0.545. The minimum absolute atomic E-state index is 0.0160. The maximum Gasteiger partial charge on any atom is 0.254 e. The van der Waals surface area contributed by atoms with Crippen LogP contribution >= 0.6 is 15.9 Å². The largest absolute Gasteiger partial charge is 0.378 e. The second-order valence-corrected chi connectivity index (χ2v) is 6.35. The van der Waals surface area contributed by atoms with Gasteiger partial charge in [-0.3, -0.25) is 4.79 Å². The maximum atomic E-state index is 13.7. The average Bonchev–Trinajstić information content (AvgIpc) is 2.63. The number of hydrogen-bond acceptors (Lipinski definition) is 4. The zero-order valence-corrected chi connectivity index (χ0v) is 14.6. The number of halogens is 2. The van der Waals surface area contributed by atoms with E-state index in [2.05, 4.69) is 31.1 Å². The summed E-state index contributed by atoms with van der Waals surface area (Å²) in [4.78, 5) is 18.7. The molecule has 126 valence electrons. The van der Waals surface area contributed by atoms with Crippen LogP contribution in [0.25, 0.3) is 0 Å². The lowest BCUT2D eigenvalue weighted by Crippen LogP contribution is -2.36. The Morgan fingerprint density at radius 3 is 2.79 bits per heavy atom. The van der Waals surface area contributed by atoms with E-state index in [1.807, 2.05) is 12.1 Å². The Labute approximate surface area is 148 Å². The quantitative estimate of drug-likeness (QED) is 0.867. The lowest BCUT2D eigenvalue weighted by molar-refractivity contribution is 0.0946. The van der Waals surface area contributed by atoms with Gasteiger partial charge in [0.2, 0.25) is 0 Å². The molecule has 0 radical (unpaired) electrons. The van der Waals surface area contributed by atoms with Gasteiger partial charge in [-0.25, -0.2) is 9.37 Å². The minimum Gasteiger partial charge on any atom is -0.378 e. The number of benzene rings is 1. The molecule has 1 aromatic carbocycles. The molecule has 2 heterocycles. The second-order valence-electron chi connectivity index (χ2n) is 5.43. The summed E-state index contributed by atoms with van der Waals surface area (Å²) in [5.41, 5.74) is 0.873. The Balaban J connectivity index is 1.60. The SMILES string of the molecule is O=C(NCc1ccc(N2CCOCC2)nc1)c1cc(Br)ccc1F. The molecule has 0 spiro atoms. The summed E-state index contributed by atoms with van der Waals surface area (Å²) in [5.74, 6) is -0.103. The molecule has 1 aromatic heterocycles. The molecule has 1 aliphatic heterocycles. The van der Waals surface area contributed by atoms with E-state index in [0.717, 1.165) is 24.5 Å². The summed E-state index contributed by atoms with van der Waals surface area (Å²) < 4.78 is 19.7. The van der Waals surface area contributed by atoms with E-state index < -0.39 is 11.7 Å². The third kappa shape index (κ3) is 4.10. The monoisotopic (exact) mass is 393 g/mol. The molecule has 0 aliphatic carbocycles. The summed E-state index contributed by atoms with van der Waals surface area (Å²) in [6.45, 7) is 3.35. The first kappa shape index (κ1) is 16.9. The number of nitrogens with one attached hydrogen (secondary N) is 1. The van der Waals surface area contributed by atoms with Gasteiger partial charge in [-0.1, -0.05) is 22.0 Å². The Bertz CT molecular complexity index is 718. The summed E-state index contributed by atoms with van der Waals surface area (Å²) >= 11 is 3.24. The van der Waals surface area contributed by atoms with E-state index in [-0.39, 0.29) is 5.56 Å². The predicted molar refractivity (Wildman–Crippen MR) is 92.5 cm³/mol. The van der Waals surface area contributed by atoms with Crippen LogP contribution < -0.4 is 10.2 Å². The van der Waals surface area contributed by atoms with Gasteiger partial charge < -0.3 is 15.0 Å². The van der Waals surface area contributed by atoms with Crippen LogP contribution in [0.1, 0.15) is 15.9 Å². The Morgan fingerprint density at radius 1 is 1.29 bits per heavy atom. The smallest absolute Gasteiger partial charge is 0.254 e. The van der Waals surface area contributed by atoms with Gasteiger partial charge >= 0.3 is 0 Å². The molecule has 2 aromatic rings. The number of nitrogens with zero attached hydrogens (tertiary/aromatic N) is 2. The van der Waals surface area contributed by atoms with Crippen molar-refractivity contribution in [2.24, 2.45) is 0 Å². The van der Waals surface area contributed by atoms with Gasteiger partial charge in [0.25, 0.3) is 5.91 Å². The Hall–Kier alpha value is -1.99. The van der Waals surface area contributed by atoms with Crippen molar-refractivity contribution in [1.29, 1.82) is 0 Å². The molecule has 1 aliphatic rings. The number of anilines is 1. The lowest BCUT2D eigenvalue weighted by Gasteiger charge is -2.27. The van der Waals surface area contributed by atoms with Crippen LogP contribution in [0, 0.1) is 5.82 Å². The summed E-state index contributed by atoms with van der Waals surface area (Å²) in [5, 5.41) is 2.71. The lowest BCUT2D eigenvalue weighted by atomic mass is 10.2. The van der Waals surface area contributed by atoms with Gasteiger partial charge in [0.1, 0.15) is 11.6 Å². The molecule has 1 saturated heterocycles. The van der Waals surface area contributed by atoms with Crippen molar-refractivity contribution in [3.63, 3.8) is 0 Å². The van der Waals surface area contributed by atoms with E-state index >= 15 is 0 Å². The first-order valence-corrected chi connectivity index (χ1v) is 8.43. The van der Waals surface area contributed by atoms with Crippen molar-refractivity contribution in [1.82, 2.24) is 10.3 Å². The van der Waals surface area contributed by atoms with Gasteiger partial charge in [0.05, 0.1) is 18.8 Å². The standard InChI is InChI=1S/C17H17BrFN3O2/c18-13-2-3-15(19)14(9-13)17(23)21-11-12-1-4-16(20-10-12)22-5-7-24-8-6-22/h1-4,9-10H,5-8,11H2,(H,21,23). The molecular weight excluding hydrogens is 377 g/mol. The van der Waals surface area contributed by atoms with Gasteiger partial charge in [-0.2, -0.15) is 0 Å². The number of morpholine rings is 1. The van der Waals surface area contributed by atoms with Crippen LogP contribution in [0.3, 0.4) is 0 Å². The van der Waals surface area contributed by atoms with Crippen molar-refractivity contribution >= 4 is 27.7 Å². The zero-order valence-electron chi connectivity index (χ0n) is 13.0. The average molecular weight is 394 g/mol. The van der Waals surface area contributed by atoms with Crippen molar-refractivity contribution in [3.05, 3.63) is 57.9 Å². The maximum absolute atomic E-state index is 13.7. The number of rotatable bonds is 4. The molecule has 5 nitrogen and oxygen atoms in total. The van der Waals surface area contributed by atoms with E-state index in [1.54, 1.807) is 12.3 Å². The number of ether oxygens (including phenoxy) is 1. The van der Waals surface area contributed by atoms with E-state index in [1.165, 1.54) is 12.1 Å². The molecule has 1 fully saturated rings. The fourth-order valence-corrected chi connectivity index (χ4v) is 2.81. The van der Waals surface area contributed by atoms with Crippen molar-refractivity contribution in [2.75, 3.05) is 31.2 Å². The highest BCUT2D eigenvalue weighted by atomic mass is 79.9. The zero-order chi connectivity index (χ0) is 16.9. The fourth-order valence-electron chi connectivity index (χ4n) is 2.45. The predicted octanol–water partition coefficient (Wildman–Crippen LogP) is 2.75. The van der Waals surface area contributed by atoms with Crippen LogP contribution in [0.4, 0.5) is 10.2 Å². The number of amides is 1. The highest BCUT2D eigenvalue weighted by Gasteiger charge is 2.13. The third-order valence-corrected chi connectivity index (χ3v) is 4.26. The van der Waals surface area contributed by atoms with E-state index in [9.17, 15) is 9.18 Å². The molecule has 24 heavy (non-hydrogen) atoms. The fraction of sp³-hybridized carbons (Fsp3) is 0.294. The summed E-state index contributed by atoms with van der Waals surface area (Å²) in [6.07, 6.45) is 1.72. The van der Waals surface area contributed by atoms with Crippen molar-refractivity contribution in [2.45, 2.75) is 6.54 Å². The van der Waals surface area contributed by atoms with Gasteiger partial charge in [0, 0.05) is 30.3 Å². The molecule has 1 amide bonds. The third-order valence-electron chi connectivity index (χ3n) is 3.77. The van der Waals surface area contributed by atoms with Crippen LogP contribution in [-0.4, -0.2) is 37.2 Å². The molecule has 0 unspecified atom stereocenters.